The number of carbonyl (C=O) groups excluding carboxylic acids is 1. The molecule has 0 saturated heterocycles. The normalized spacial score (nSPS) is 16.5. The molecule has 106 valence electrons. The summed E-state index contributed by atoms with van der Waals surface area (Å²) in [4.78, 5) is 11.8. The summed E-state index contributed by atoms with van der Waals surface area (Å²) in [6, 6.07) is 1.90. The maximum atomic E-state index is 11.8. The van der Waals surface area contributed by atoms with Crippen molar-refractivity contribution in [3.8, 4) is 0 Å². The Hall–Kier alpha value is -1.32. The van der Waals surface area contributed by atoms with E-state index in [1.165, 1.54) is 38.5 Å². The summed E-state index contributed by atoms with van der Waals surface area (Å²) in [5.74, 6) is 1.60. The highest BCUT2D eigenvalue weighted by Gasteiger charge is 2.13. The van der Waals surface area contributed by atoms with Crippen LogP contribution in [0.4, 0.5) is 5.82 Å². The molecule has 2 N–H and O–H groups in total. The lowest BCUT2D eigenvalue weighted by Gasteiger charge is -2.20. The van der Waals surface area contributed by atoms with Gasteiger partial charge in [-0.05, 0) is 25.2 Å². The summed E-state index contributed by atoms with van der Waals surface area (Å²) in [7, 11) is 0. The molecule has 0 spiro atoms. The number of carbonyl (C=O) groups is 1. The first-order valence-corrected chi connectivity index (χ1v) is 7.62. The molecule has 1 fully saturated rings. The fourth-order valence-electron chi connectivity index (χ4n) is 2.84. The smallest absolute Gasteiger partial charge is 0.225 e. The number of H-pyrrole nitrogens is 1. The predicted molar refractivity (Wildman–Crippen MR) is 77.0 cm³/mol. The molecule has 2 rings (SSSR count). The average molecular weight is 263 g/mol. The van der Waals surface area contributed by atoms with Crippen LogP contribution in [0.1, 0.15) is 64.0 Å². The third-order valence-corrected chi connectivity index (χ3v) is 4.02. The molecule has 1 aliphatic carbocycles. The molecular weight excluding hydrogens is 238 g/mol. The van der Waals surface area contributed by atoms with Crippen molar-refractivity contribution >= 4 is 11.7 Å². The second kappa shape index (κ2) is 7.31. The number of nitrogens with one attached hydrogen (secondary N) is 2. The van der Waals surface area contributed by atoms with Crippen LogP contribution < -0.4 is 5.32 Å². The van der Waals surface area contributed by atoms with Crippen LogP contribution >= 0.6 is 0 Å². The fraction of sp³-hybridized carbons (Fsp3) is 0.733. The van der Waals surface area contributed by atoms with Gasteiger partial charge < -0.3 is 5.32 Å². The number of aromatic amines is 1. The van der Waals surface area contributed by atoms with Crippen LogP contribution in [0.25, 0.3) is 0 Å². The Balaban J connectivity index is 1.63. The van der Waals surface area contributed by atoms with Crippen molar-refractivity contribution in [1.29, 1.82) is 0 Å². The lowest BCUT2D eigenvalue weighted by Crippen LogP contribution is -2.13. The molecule has 0 aliphatic heterocycles. The highest BCUT2D eigenvalue weighted by molar-refractivity contribution is 5.89. The summed E-state index contributed by atoms with van der Waals surface area (Å²) >= 11 is 0. The second-order valence-electron chi connectivity index (χ2n) is 5.58. The van der Waals surface area contributed by atoms with Gasteiger partial charge in [-0.25, -0.2) is 0 Å². The summed E-state index contributed by atoms with van der Waals surface area (Å²) in [5, 5.41) is 9.82. The Bertz CT molecular complexity index is 394. The first kappa shape index (κ1) is 14.1. The molecule has 0 radical (unpaired) electrons. The maximum absolute atomic E-state index is 11.8. The number of amides is 1. The van der Waals surface area contributed by atoms with Gasteiger partial charge in [-0.1, -0.05) is 39.0 Å². The van der Waals surface area contributed by atoms with Crippen LogP contribution in [0.2, 0.25) is 0 Å². The van der Waals surface area contributed by atoms with Gasteiger partial charge in [0.1, 0.15) is 0 Å². The van der Waals surface area contributed by atoms with Gasteiger partial charge >= 0.3 is 0 Å². The molecule has 1 saturated carbocycles. The van der Waals surface area contributed by atoms with E-state index in [2.05, 4.69) is 22.4 Å². The Morgan fingerprint density at radius 3 is 2.89 bits per heavy atom. The van der Waals surface area contributed by atoms with Gasteiger partial charge in [0, 0.05) is 18.2 Å². The van der Waals surface area contributed by atoms with Crippen LogP contribution in [0, 0.1) is 5.92 Å². The van der Waals surface area contributed by atoms with E-state index in [-0.39, 0.29) is 5.91 Å². The zero-order valence-corrected chi connectivity index (χ0v) is 11.9. The van der Waals surface area contributed by atoms with E-state index < -0.39 is 0 Å². The van der Waals surface area contributed by atoms with E-state index >= 15 is 0 Å². The van der Waals surface area contributed by atoms with Crippen molar-refractivity contribution < 1.29 is 4.79 Å². The highest BCUT2D eigenvalue weighted by atomic mass is 16.1. The highest BCUT2D eigenvalue weighted by Crippen LogP contribution is 2.27. The summed E-state index contributed by atoms with van der Waals surface area (Å²) in [6.07, 6.45) is 10.6. The predicted octanol–water partition coefficient (Wildman–Crippen LogP) is 3.66. The largest absolute Gasteiger partial charge is 0.309 e. The van der Waals surface area contributed by atoms with Gasteiger partial charge in [0.15, 0.2) is 5.82 Å². The zero-order chi connectivity index (χ0) is 13.5. The van der Waals surface area contributed by atoms with Gasteiger partial charge in [-0.3, -0.25) is 9.89 Å². The Morgan fingerprint density at radius 1 is 1.42 bits per heavy atom. The first-order valence-electron chi connectivity index (χ1n) is 7.62. The van der Waals surface area contributed by atoms with Crippen LogP contribution in [0.15, 0.2) is 6.07 Å². The molecular formula is C15H25N3O. The summed E-state index contributed by atoms with van der Waals surface area (Å²) in [6.45, 7) is 2.06. The van der Waals surface area contributed by atoms with E-state index in [0.29, 0.717) is 12.2 Å². The molecule has 0 atom stereocenters. The van der Waals surface area contributed by atoms with Gasteiger partial charge in [0.2, 0.25) is 5.91 Å². The number of anilines is 1. The number of aromatic nitrogens is 2. The molecule has 1 aromatic heterocycles. The monoisotopic (exact) mass is 263 g/mol. The molecule has 4 nitrogen and oxygen atoms in total. The van der Waals surface area contributed by atoms with E-state index in [1.54, 1.807) is 0 Å². The molecule has 19 heavy (non-hydrogen) atoms. The Labute approximate surface area is 115 Å². The van der Waals surface area contributed by atoms with Gasteiger partial charge in [0.25, 0.3) is 0 Å². The van der Waals surface area contributed by atoms with Crippen molar-refractivity contribution in [2.45, 2.75) is 64.7 Å². The topological polar surface area (TPSA) is 57.8 Å². The van der Waals surface area contributed by atoms with Crippen LogP contribution in [0.5, 0.6) is 0 Å². The second-order valence-corrected chi connectivity index (χ2v) is 5.58. The third kappa shape index (κ3) is 4.69. The number of rotatable bonds is 6. The Morgan fingerprint density at radius 2 is 2.21 bits per heavy atom. The minimum Gasteiger partial charge on any atom is -0.309 e. The average Bonchev–Trinajstić information content (AvgIpc) is 2.87. The summed E-state index contributed by atoms with van der Waals surface area (Å²) < 4.78 is 0. The number of hydrogen-bond acceptors (Lipinski definition) is 2. The number of nitrogens with zero attached hydrogens (tertiary/aromatic N) is 1. The van der Waals surface area contributed by atoms with Gasteiger partial charge in [-0.2, -0.15) is 5.10 Å². The standard InChI is InChI=1S/C15H25N3O/c1-2-13-11-14(18-17-13)16-15(19)10-6-9-12-7-4-3-5-8-12/h11-12H,2-10H2,1H3,(H2,16,17,18,19). The van der Waals surface area contributed by atoms with Gasteiger partial charge in [0.05, 0.1) is 0 Å². The van der Waals surface area contributed by atoms with Crippen LogP contribution in [0.3, 0.4) is 0 Å². The van der Waals surface area contributed by atoms with Crippen LogP contribution in [-0.4, -0.2) is 16.1 Å². The summed E-state index contributed by atoms with van der Waals surface area (Å²) in [5.41, 5.74) is 1.05. The third-order valence-electron chi connectivity index (χ3n) is 4.02. The van der Waals surface area contributed by atoms with Crippen molar-refractivity contribution in [1.82, 2.24) is 10.2 Å². The molecule has 0 unspecified atom stereocenters. The first-order chi connectivity index (χ1) is 9.28. The van der Waals surface area contributed by atoms with E-state index in [0.717, 1.165) is 24.5 Å². The van der Waals surface area contributed by atoms with Gasteiger partial charge in [-0.15, -0.1) is 0 Å². The quantitative estimate of drug-likeness (QED) is 0.823. The fourth-order valence-corrected chi connectivity index (χ4v) is 2.84. The van der Waals surface area contributed by atoms with Crippen molar-refractivity contribution in [2.24, 2.45) is 5.92 Å². The number of aryl methyl sites for hydroxylation is 1. The van der Waals surface area contributed by atoms with Crippen LogP contribution in [-0.2, 0) is 11.2 Å². The maximum Gasteiger partial charge on any atom is 0.225 e. The molecule has 4 heteroatoms. The molecule has 1 aromatic rings. The van der Waals surface area contributed by atoms with Crippen molar-refractivity contribution in [3.63, 3.8) is 0 Å². The van der Waals surface area contributed by atoms with E-state index in [9.17, 15) is 4.79 Å². The van der Waals surface area contributed by atoms with Crippen molar-refractivity contribution in [2.75, 3.05) is 5.32 Å². The number of hydrogen-bond donors (Lipinski definition) is 2. The molecule has 1 heterocycles. The Kier molecular flexibility index (Phi) is 5.43. The van der Waals surface area contributed by atoms with Crippen molar-refractivity contribution in [3.05, 3.63) is 11.8 Å². The molecule has 0 bridgehead atoms. The molecule has 1 amide bonds. The minimum atomic E-state index is 0.0879. The van der Waals surface area contributed by atoms with E-state index in [4.69, 9.17) is 0 Å². The van der Waals surface area contributed by atoms with E-state index in [1.807, 2.05) is 6.07 Å². The lowest BCUT2D eigenvalue weighted by atomic mass is 9.86. The lowest BCUT2D eigenvalue weighted by molar-refractivity contribution is -0.116. The minimum absolute atomic E-state index is 0.0879. The molecule has 1 aliphatic rings. The SMILES string of the molecule is CCc1cc(NC(=O)CCCC2CCCCC2)n[nH]1. The molecule has 0 aromatic carbocycles. The zero-order valence-electron chi connectivity index (χ0n) is 11.9.